The number of aliphatic hydroxyl groups is 3. The molecule has 0 amide bonds. The first-order chi connectivity index (χ1) is 14.7. The molecular formula is C27H45NO3. The van der Waals surface area contributed by atoms with E-state index in [2.05, 4.69) is 25.7 Å². The number of nitrogens with zero attached hydrogens (tertiary/aromatic N) is 1. The molecule has 2 saturated heterocycles. The Kier molecular flexibility index (Phi) is 4.94. The molecule has 3 N–H and O–H groups in total. The van der Waals surface area contributed by atoms with Crippen molar-refractivity contribution in [2.45, 2.75) is 102 Å². The summed E-state index contributed by atoms with van der Waals surface area (Å²) in [7, 11) is 0. The molecule has 0 radical (unpaired) electrons. The zero-order valence-corrected chi connectivity index (χ0v) is 19.9. The molecule has 6 rings (SSSR count). The van der Waals surface area contributed by atoms with E-state index in [9.17, 15) is 15.3 Å². The van der Waals surface area contributed by atoms with Crippen LogP contribution in [0.4, 0.5) is 0 Å². The van der Waals surface area contributed by atoms with Gasteiger partial charge in [0.15, 0.2) is 0 Å². The third-order valence-electron chi connectivity index (χ3n) is 12.0. The quantitative estimate of drug-likeness (QED) is 0.547. The highest BCUT2D eigenvalue weighted by Crippen LogP contribution is 2.67. The van der Waals surface area contributed by atoms with Gasteiger partial charge in [-0.05, 0) is 117 Å². The smallest absolute Gasteiger partial charge is 0.0805 e. The summed E-state index contributed by atoms with van der Waals surface area (Å²) in [6.07, 6.45) is 9.43. The summed E-state index contributed by atoms with van der Waals surface area (Å²) < 4.78 is 0. The van der Waals surface area contributed by atoms with E-state index in [1.54, 1.807) is 0 Å². The molecule has 176 valence electrons. The molecule has 1 unspecified atom stereocenters. The van der Waals surface area contributed by atoms with E-state index in [0.29, 0.717) is 35.6 Å². The molecule has 4 aliphatic carbocycles. The van der Waals surface area contributed by atoms with Crippen molar-refractivity contribution in [3.63, 3.8) is 0 Å². The predicted octanol–water partition coefficient (Wildman–Crippen LogP) is 3.68. The summed E-state index contributed by atoms with van der Waals surface area (Å²) in [6.45, 7) is 9.36. The maximum atomic E-state index is 11.8. The molecule has 13 atom stereocenters. The van der Waals surface area contributed by atoms with Crippen molar-refractivity contribution in [3.8, 4) is 0 Å². The van der Waals surface area contributed by atoms with Gasteiger partial charge in [-0.1, -0.05) is 13.8 Å². The topological polar surface area (TPSA) is 63.9 Å². The van der Waals surface area contributed by atoms with Crippen LogP contribution < -0.4 is 0 Å². The summed E-state index contributed by atoms with van der Waals surface area (Å²) >= 11 is 0. The third kappa shape index (κ3) is 3.00. The molecule has 0 aromatic rings. The molecule has 6 fully saturated rings. The highest BCUT2D eigenvalue weighted by Gasteiger charge is 2.64. The molecule has 4 heteroatoms. The van der Waals surface area contributed by atoms with E-state index >= 15 is 0 Å². The van der Waals surface area contributed by atoms with Crippen molar-refractivity contribution in [2.75, 3.05) is 13.1 Å². The van der Waals surface area contributed by atoms with Gasteiger partial charge in [-0.15, -0.1) is 0 Å². The maximum Gasteiger partial charge on any atom is 0.0805 e. The van der Waals surface area contributed by atoms with Gasteiger partial charge in [-0.3, -0.25) is 4.90 Å². The second-order valence-corrected chi connectivity index (χ2v) is 13.4. The van der Waals surface area contributed by atoms with Crippen LogP contribution in [0.1, 0.15) is 78.6 Å². The monoisotopic (exact) mass is 431 g/mol. The van der Waals surface area contributed by atoms with Crippen LogP contribution in [0.2, 0.25) is 0 Å². The molecule has 0 aromatic carbocycles. The Morgan fingerprint density at radius 3 is 2.35 bits per heavy atom. The highest BCUT2D eigenvalue weighted by atomic mass is 16.3. The molecule has 4 saturated carbocycles. The van der Waals surface area contributed by atoms with Gasteiger partial charge < -0.3 is 15.3 Å². The first kappa shape index (κ1) is 21.4. The van der Waals surface area contributed by atoms with Gasteiger partial charge >= 0.3 is 0 Å². The molecule has 0 aromatic heterocycles. The lowest BCUT2D eigenvalue weighted by molar-refractivity contribution is -0.176. The van der Waals surface area contributed by atoms with Crippen LogP contribution in [0.15, 0.2) is 0 Å². The summed E-state index contributed by atoms with van der Waals surface area (Å²) in [5, 5.41) is 33.3. The van der Waals surface area contributed by atoms with E-state index in [1.807, 2.05) is 0 Å². The maximum absolute atomic E-state index is 11.8. The minimum atomic E-state index is -0.553. The van der Waals surface area contributed by atoms with Crippen LogP contribution in [0.3, 0.4) is 0 Å². The van der Waals surface area contributed by atoms with Crippen LogP contribution in [-0.2, 0) is 0 Å². The van der Waals surface area contributed by atoms with Crippen molar-refractivity contribution in [3.05, 3.63) is 0 Å². The molecular weight excluding hydrogens is 386 g/mol. The Balaban J connectivity index is 1.30. The van der Waals surface area contributed by atoms with Crippen LogP contribution in [0.5, 0.6) is 0 Å². The number of fused-ring (bicyclic) bond motifs is 8. The van der Waals surface area contributed by atoms with Crippen LogP contribution >= 0.6 is 0 Å². The van der Waals surface area contributed by atoms with Gasteiger partial charge in [-0.2, -0.15) is 0 Å². The van der Waals surface area contributed by atoms with Crippen molar-refractivity contribution < 1.29 is 15.3 Å². The van der Waals surface area contributed by atoms with E-state index in [0.717, 1.165) is 50.5 Å². The second kappa shape index (κ2) is 7.17. The zero-order chi connectivity index (χ0) is 21.7. The lowest BCUT2D eigenvalue weighted by Crippen LogP contribution is -2.67. The molecule has 6 aliphatic rings. The second-order valence-electron chi connectivity index (χ2n) is 13.4. The van der Waals surface area contributed by atoms with Gasteiger partial charge in [0.05, 0.1) is 17.8 Å². The molecule has 0 spiro atoms. The molecule has 31 heavy (non-hydrogen) atoms. The Hall–Kier alpha value is -0.160. The normalized spacial score (nSPS) is 61.5. The van der Waals surface area contributed by atoms with Crippen molar-refractivity contribution in [1.29, 1.82) is 0 Å². The minimum Gasteiger partial charge on any atom is -0.393 e. The molecule has 0 bridgehead atoms. The number of hydrogen-bond donors (Lipinski definition) is 3. The summed E-state index contributed by atoms with van der Waals surface area (Å²) in [5.41, 5.74) is -0.365. The Morgan fingerprint density at radius 2 is 1.55 bits per heavy atom. The van der Waals surface area contributed by atoms with Crippen LogP contribution in [0.25, 0.3) is 0 Å². The van der Waals surface area contributed by atoms with E-state index in [1.165, 1.54) is 32.2 Å². The summed E-state index contributed by atoms with van der Waals surface area (Å²) in [5.74, 6) is 4.89. The Bertz CT molecular complexity index is 711. The fourth-order valence-corrected chi connectivity index (χ4v) is 10.6. The number of hydrogen-bond acceptors (Lipinski definition) is 4. The molecule has 2 heterocycles. The average Bonchev–Trinajstić information content (AvgIpc) is 3.09. The predicted molar refractivity (Wildman–Crippen MR) is 121 cm³/mol. The summed E-state index contributed by atoms with van der Waals surface area (Å²) in [6, 6.07) is 0.355. The van der Waals surface area contributed by atoms with E-state index in [-0.39, 0.29) is 23.5 Å². The van der Waals surface area contributed by atoms with Gasteiger partial charge in [0.1, 0.15) is 0 Å². The SMILES string of the molecule is C[C@@H]1CC[C@H]2N(C1)C[C@@H]1[C@H]3C[C@H]4[C@H](C[C@@H](O)C5C[C@@H](O)CC[C@]54C)[C@H]3CC[C@H]1[C@]2(C)O. The first-order valence-electron chi connectivity index (χ1n) is 13.5. The van der Waals surface area contributed by atoms with Crippen molar-refractivity contribution in [1.82, 2.24) is 4.90 Å². The van der Waals surface area contributed by atoms with Gasteiger partial charge in [0.2, 0.25) is 0 Å². The van der Waals surface area contributed by atoms with Gasteiger partial charge in [0, 0.05) is 19.1 Å². The molecule has 2 aliphatic heterocycles. The van der Waals surface area contributed by atoms with Crippen LogP contribution in [-0.4, -0.2) is 57.2 Å². The van der Waals surface area contributed by atoms with Crippen molar-refractivity contribution in [2.24, 2.45) is 52.8 Å². The highest BCUT2D eigenvalue weighted by molar-refractivity contribution is 5.14. The van der Waals surface area contributed by atoms with Crippen LogP contribution in [0, 0.1) is 52.8 Å². The van der Waals surface area contributed by atoms with Crippen molar-refractivity contribution >= 4 is 0 Å². The third-order valence-corrected chi connectivity index (χ3v) is 12.0. The largest absolute Gasteiger partial charge is 0.393 e. The fraction of sp³-hybridized carbons (Fsp3) is 1.00. The standard InChI is InChI=1S/C27H45NO3/c1-15-4-7-25-27(3,31)21-6-5-17-18(20(21)14-28(25)13-15)11-22-19(17)12-24(30)23-10-16(29)8-9-26(22,23)2/h15-25,29-31H,4-14H2,1-3H3/t15-,16+,17+,18+,19-,20-,21-,22+,23?,24-,25-,26+,27+/m1/s1. The lowest BCUT2D eigenvalue weighted by Gasteiger charge is -2.60. The minimum absolute atomic E-state index is 0.188. The van der Waals surface area contributed by atoms with Gasteiger partial charge in [-0.25, -0.2) is 0 Å². The number of rotatable bonds is 0. The average molecular weight is 432 g/mol. The van der Waals surface area contributed by atoms with Gasteiger partial charge in [0.25, 0.3) is 0 Å². The first-order valence-corrected chi connectivity index (χ1v) is 13.5. The fourth-order valence-electron chi connectivity index (χ4n) is 10.6. The molecule has 4 nitrogen and oxygen atoms in total. The zero-order valence-electron chi connectivity index (χ0n) is 19.9. The number of piperidine rings is 2. The van der Waals surface area contributed by atoms with E-state index in [4.69, 9.17) is 0 Å². The number of aliphatic hydroxyl groups excluding tert-OH is 2. The Morgan fingerprint density at radius 1 is 0.742 bits per heavy atom. The Labute approximate surface area is 188 Å². The lowest BCUT2D eigenvalue weighted by atomic mass is 9.51. The van der Waals surface area contributed by atoms with E-state index < -0.39 is 5.60 Å². The summed E-state index contributed by atoms with van der Waals surface area (Å²) in [4.78, 5) is 2.68.